The van der Waals surface area contributed by atoms with Gasteiger partial charge < -0.3 is 34.8 Å². The molecule has 8 rings (SSSR count). The number of aromatic nitrogens is 1. The van der Waals surface area contributed by atoms with Crippen LogP contribution in [0.1, 0.15) is 35.3 Å². The third kappa shape index (κ3) is 11.7. The number of carbonyl (C=O) groups is 1. The molecule has 5 aromatic carbocycles. The van der Waals surface area contributed by atoms with E-state index in [2.05, 4.69) is 24.7 Å². The number of hydrogen-bond donors (Lipinski definition) is 4. The predicted molar refractivity (Wildman–Crippen MR) is 275 cm³/mol. The summed E-state index contributed by atoms with van der Waals surface area (Å²) in [7, 11) is -8.90. The van der Waals surface area contributed by atoms with Crippen LogP contribution < -0.4 is 19.8 Å². The molecule has 13 nitrogen and oxygen atoms in total. The first-order chi connectivity index (χ1) is 34.2. The molecular weight excluding hydrogens is 1020 g/mol. The van der Waals surface area contributed by atoms with Gasteiger partial charge in [-0.25, -0.2) is 26.0 Å². The number of nitrogens with zero attached hydrogens (tertiary/aromatic N) is 4. The van der Waals surface area contributed by atoms with Crippen LogP contribution in [0, 0.1) is 12.7 Å². The number of anilines is 4. The van der Waals surface area contributed by atoms with Crippen LogP contribution in [0.15, 0.2) is 130 Å². The number of aliphatic hydroxyl groups excluding tert-OH is 1. The van der Waals surface area contributed by atoms with E-state index < -0.39 is 59.1 Å². The zero-order valence-corrected chi connectivity index (χ0v) is 42.4. The Bertz CT molecular complexity index is 3150. The number of alkyl halides is 3. The molecule has 6 aromatic rings. The number of aromatic carboxylic acids is 1. The monoisotopic (exact) mass is 1070 g/mol. The number of likely N-dealkylation sites (tertiary alicyclic amines) is 1. The van der Waals surface area contributed by atoms with Crippen LogP contribution >= 0.6 is 23.4 Å². The van der Waals surface area contributed by atoms with Gasteiger partial charge >= 0.3 is 11.5 Å². The molecule has 72 heavy (non-hydrogen) atoms. The van der Waals surface area contributed by atoms with Crippen molar-refractivity contribution < 1.29 is 49.4 Å². The molecule has 0 unspecified atom stereocenters. The average molecular weight is 1070 g/mol. The Morgan fingerprint density at radius 2 is 1.49 bits per heavy atom. The minimum atomic E-state index is -6.04. The predicted octanol–water partition coefficient (Wildman–Crippen LogP) is 10.00. The van der Waals surface area contributed by atoms with Gasteiger partial charge in [-0.3, -0.25) is 4.72 Å². The first kappa shape index (κ1) is 52.5. The summed E-state index contributed by atoms with van der Waals surface area (Å²) in [5, 5.41) is 23.2. The summed E-state index contributed by atoms with van der Waals surface area (Å²) in [5.41, 5.74) is -1.50. The molecule has 0 bridgehead atoms. The summed E-state index contributed by atoms with van der Waals surface area (Å²) in [4.78, 5) is 18.1. The van der Waals surface area contributed by atoms with E-state index in [1.807, 2.05) is 54.6 Å². The van der Waals surface area contributed by atoms with Gasteiger partial charge in [0.05, 0.1) is 33.0 Å². The summed E-state index contributed by atoms with van der Waals surface area (Å²) in [6, 6.07) is 29.7. The van der Waals surface area contributed by atoms with Gasteiger partial charge in [0.15, 0.2) is 0 Å². The molecule has 2 fully saturated rings. The summed E-state index contributed by atoms with van der Waals surface area (Å²) < 4.78 is 115. The first-order valence-corrected chi connectivity index (χ1v) is 27.4. The van der Waals surface area contributed by atoms with Crippen LogP contribution in [0.25, 0.3) is 22.4 Å². The van der Waals surface area contributed by atoms with Gasteiger partial charge in [-0.2, -0.15) is 13.2 Å². The number of sulfone groups is 1. The zero-order valence-electron chi connectivity index (χ0n) is 39.2. The number of piperazine rings is 1. The van der Waals surface area contributed by atoms with Gasteiger partial charge in [0.1, 0.15) is 10.7 Å². The number of benzene rings is 5. The Kier molecular flexibility index (Phi) is 15.9. The number of thioether (sulfide) groups is 1. The topological polar surface area (TPSA) is 165 Å². The minimum absolute atomic E-state index is 0.0890. The lowest BCUT2D eigenvalue weighted by Gasteiger charge is -2.37. The molecule has 1 aromatic heterocycles. The summed E-state index contributed by atoms with van der Waals surface area (Å²) in [5.74, 6) is -1.34. The quantitative estimate of drug-likeness (QED) is 0.0506. The van der Waals surface area contributed by atoms with Crippen LogP contribution in [0.2, 0.25) is 5.02 Å². The maximum atomic E-state index is 14.3. The van der Waals surface area contributed by atoms with E-state index in [-0.39, 0.29) is 22.0 Å². The molecule has 0 radical (unpaired) electrons. The largest absolute Gasteiger partial charge is 0.501 e. The molecule has 0 amide bonds. The lowest BCUT2D eigenvalue weighted by Crippen LogP contribution is -2.46. The van der Waals surface area contributed by atoms with Crippen molar-refractivity contribution in [2.45, 2.75) is 58.5 Å². The summed E-state index contributed by atoms with van der Waals surface area (Å²) >= 11 is 7.60. The maximum Gasteiger partial charge on any atom is 0.501 e. The summed E-state index contributed by atoms with van der Waals surface area (Å²) in [6.07, 6.45) is 1.21. The van der Waals surface area contributed by atoms with Crippen molar-refractivity contribution in [1.29, 1.82) is 0 Å². The van der Waals surface area contributed by atoms with E-state index in [4.69, 9.17) is 11.6 Å². The Morgan fingerprint density at radius 3 is 2.12 bits per heavy atom. The van der Waals surface area contributed by atoms with E-state index in [9.17, 15) is 49.4 Å². The van der Waals surface area contributed by atoms with Crippen LogP contribution in [0.5, 0.6) is 0 Å². The Labute approximate surface area is 425 Å². The van der Waals surface area contributed by atoms with Crippen molar-refractivity contribution in [3.63, 3.8) is 0 Å². The average Bonchev–Trinajstić information content (AvgIpc) is 3.63. The normalized spacial score (nSPS) is 15.7. The van der Waals surface area contributed by atoms with Crippen molar-refractivity contribution in [2.75, 3.05) is 71.4 Å². The third-order valence-corrected chi connectivity index (χ3v) is 17.5. The van der Waals surface area contributed by atoms with Gasteiger partial charge in [-0.05, 0) is 117 Å². The fraction of sp³-hybridized carbons (Fsp3) is 0.314. The van der Waals surface area contributed by atoms with Crippen molar-refractivity contribution >= 4 is 71.9 Å². The van der Waals surface area contributed by atoms with E-state index in [1.54, 1.807) is 36.7 Å². The van der Waals surface area contributed by atoms with Crippen molar-refractivity contribution in [1.82, 2.24) is 9.47 Å². The first-order valence-electron chi connectivity index (χ1n) is 23.1. The van der Waals surface area contributed by atoms with Gasteiger partial charge in [-0.15, -0.1) is 11.8 Å². The number of carboxylic acid groups (broad SMARTS) is 1. The minimum Gasteiger partial charge on any atom is -0.478 e. The number of nitrogens with one attached hydrogen (secondary N) is 2. The standard InChI is InChI=1S/C51H53ClF4N6O7S3/c1-33-47(50(64)65)48(49(59(33)2)35-11-17-44(53)43(52)30-35)34-7-6-8-39(29-34)62-27-25-61(26-28-62)38-14-12-36(13-15-38)58-72(68,69)42-16-18-45(46(31-42)71(66,67)51(54,55)56)57-37(32-70-41-9-4-3-5-10-41)19-22-60-23-20-40(63)21-24-60/h3-18,29-31,37,40,57-58,63H,19-28,32H2,1-2H3,(H,64,65)/t37-/m1/s1. The number of sulfonamides is 1. The molecule has 1 atom stereocenters. The molecule has 4 N–H and O–H groups in total. The molecule has 2 aliphatic rings. The molecule has 21 heteroatoms. The highest BCUT2D eigenvalue weighted by atomic mass is 35.5. The molecule has 0 aliphatic carbocycles. The second kappa shape index (κ2) is 21.8. The number of piperidine rings is 1. The van der Waals surface area contributed by atoms with E-state index in [0.717, 1.165) is 28.4 Å². The fourth-order valence-corrected chi connectivity index (χ4v) is 12.4. The number of hydrogen-bond acceptors (Lipinski definition) is 11. The number of halogens is 5. The molecule has 2 aliphatic heterocycles. The van der Waals surface area contributed by atoms with E-state index >= 15 is 0 Å². The van der Waals surface area contributed by atoms with Crippen LogP contribution in [-0.2, 0) is 26.9 Å². The fourth-order valence-electron chi connectivity index (χ4n) is 9.11. The second-order valence-corrected chi connectivity index (χ2v) is 22.9. The van der Waals surface area contributed by atoms with Crippen LogP contribution in [0.3, 0.4) is 0 Å². The van der Waals surface area contributed by atoms with Crippen LogP contribution in [0.4, 0.5) is 40.3 Å². The van der Waals surface area contributed by atoms with E-state index in [1.165, 1.54) is 36.0 Å². The maximum absolute atomic E-state index is 14.3. The summed E-state index contributed by atoms with van der Waals surface area (Å²) in [6.45, 7) is 5.79. The van der Waals surface area contributed by atoms with Crippen molar-refractivity contribution in [2.24, 2.45) is 7.05 Å². The zero-order chi connectivity index (χ0) is 51.5. The highest BCUT2D eigenvalue weighted by Gasteiger charge is 2.48. The van der Waals surface area contributed by atoms with Gasteiger partial charge in [-0.1, -0.05) is 41.9 Å². The SMILES string of the molecule is Cc1c(C(=O)O)c(-c2cccc(N3CCN(c4ccc(NS(=O)(=O)c5ccc(N[C@H](CCN6CCC(O)CC6)CSc6ccccc6)c(S(=O)(=O)C(F)(F)F)c5)cc4)CC3)c2)c(-c2ccc(F)c(Cl)c2)n1C. The molecule has 2 saturated heterocycles. The number of rotatable bonds is 17. The molecule has 0 spiro atoms. The lowest BCUT2D eigenvalue weighted by molar-refractivity contribution is -0.0436. The van der Waals surface area contributed by atoms with Gasteiger partial charge in [0.2, 0.25) is 0 Å². The smallest absolute Gasteiger partial charge is 0.478 e. The number of aliphatic hydroxyl groups is 1. The Balaban J connectivity index is 0.963. The Hall–Kier alpha value is -5.77. The second-order valence-electron chi connectivity index (χ2n) is 17.8. The number of carboxylic acids is 1. The lowest BCUT2D eigenvalue weighted by atomic mass is 9.96. The molecule has 382 valence electrons. The highest BCUT2D eigenvalue weighted by molar-refractivity contribution is 7.99. The van der Waals surface area contributed by atoms with Gasteiger partial charge in [0.25, 0.3) is 19.9 Å². The molecule has 0 saturated carbocycles. The highest BCUT2D eigenvalue weighted by Crippen LogP contribution is 2.42. The van der Waals surface area contributed by atoms with Crippen molar-refractivity contribution in [3.8, 4) is 22.4 Å². The van der Waals surface area contributed by atoms with Gasteiger partial charge in [0, 0.05) is 103 Å². The molecular formula is C51H53ClF4N6O7S3. The Morgan fingerprint density at radius 1 is 0.819 bits per heavy atom. The molecule has 3 heterocycles. The van der Waals surface area contributed by atoms with E-state index in [0.29, 0.717) is 105 Å². The van der Waals surface area contributed by atoms with Crippen LogP contribution in [-0.4, -0.2) is 112 Å². The third-order valence-electron chi connectivity index (χ3n) is 13.1. The van der Waals surface area contributed by atoms with Crippen molar-refractivity contribution in [3.05, 3.63) is 137 Å².